The molecular formula is C25H18BrN3O3. The molecule has 0 spiro atoms. The Morgan fingerprint density at radius 3 is 2.59 bits per heavy atom. The number of aromatic nitrogens is 2. The molecule has 3 aromatic carbocycles. The Labute approximate surface area is 192 Å². The number of amides is 1. The summed E-state index contributed by atoms with van der Waals surface area (Å²) in [6.45, 7) is 0.659. The first kappa shape index (κ1) is 19.1. The molecule has 32 heavy (non-hydrogen) atoms. The van der Waals surface area contributed by atoms with E-state index in [1.54, 1.807) is 0 Å². The van der Waals surface area contributed by atoms with Gasteiger partial charge in [0.1, 0.15) is 5.69 Å². The zero-order valence-electron chi connectivity index (χ0n) is 16.9. The van der Waals surface area contributed by atoms with Gasteiger partial charge in [-0.25, -0.2) is 0 Å². The first-order valence-electron chi connectivity index (χ1n) is 10.3. The largest absolute Gasteiger partial charge is 0.454 e. The van der Waals surface area contributed by atoms with Gasteiger partial charge in [0.15, 0.2) is 11.5 Å². The van der Waals surface area contributed by atoms with Crippen molar-refractivity contribution in [3.8, 4) is 22.8 Å². The molecule has 1 amide bonds. The lowest BCUT2D eigenvalue weighted by Crippen LogP contribution is -2.29. The van der Waals surface area contributed by atoms with E-state index in [9.17, 15) is 4.79 Å². The number of H-pyrrole nitrogens is 1. The van der Waals surface area contributed by atoms with Crippen molar-refractivity contribution in [3.05, 3.63) is 99.7 Å². The molecule has 0 aliphatic carbocycles. The first-order valence-corrected chi connectivity index (χ1v) is 11.1. The molecule has 1 atom stereocenters. The van der Waals surface area contributed by atoms with E-state index in [1.165, 1.54) is 0 Å². The molecule has 2 aliphatic rings. The van der Waals surface area contributed by atoms with Crippen LogP contribution in [0.1, 0.15) is 33.2 Å². The molecule has 0 saturated heterocycles. The van der Waals surface area contributed by atoms with Crippen LogP contribution >= 0.6 is 15.9 Å². The summed E-state index contributed by atoms with van der Waals surface area (Å²) < 4.78 is 11.9. The van der Waals surface area contributed by atoms with Crippen LogP contribution in [0.5, 0.6) is 11.5 Å². The minimum absolute atomic E-state index is 0.0692. The number of ether oxygens (including phenoxy) is 2. The fraction of sp³-hybridized carbons (Fsp3) is 0.120. The van der Waals surface area contributed by atoms with Crippen LogP contribution in [0.25, 0.3) is 11.3 Å². The normalized spacial score (nSPS) is 16.5. The van der Waals surface area contributed by atoms with Gasteiger partial charge in [-0.05, 0) is 35.4 Å². The summed E-state index contributed by atoms with van der Waals surface area (Å²) in [5.41, 5.74) is 5.23. The van der Waals surface area contributed by atoms with Crippen molar-refractivity contribution in [1.29, 1.82) is 0 Å². The number of hydrogen-bond donors (Lipinski definition) is 1. The number of hydrogen-bond acceptors (Lipinski definition) is 4. The second-order valence-corrected chi connectivity index (χ2v) is 8.72. The summed E-state index contributed by atoms with van der Waals surface area (Å²) in [4.78, 5) is 15.4. The van der Waals surface area contributed by atoms with Gasteiger partial charge < -0.3 is 14.4 Å². The van der Waals surface area contributed by atoms with E-state index in [0.717, 1.165) is 38.2 Å². The van der Waals surface area contributed by atoms with Gasteiger partial charge in [0.2, 0.25) is 6.79 Å². The van der Waals surface area contributed by atoms with Crippen molar-refractivity contribution >= 4 is 21.8 Å². The summed E-state index contributed by atoms with van der Waals surface area (Å²) in [7, 11) is 0. The third kappa shape index (κ3) is 3.08. The lowest BCUT2D eigenvalue weighted by Gasteiger charge is -2.26. The summed E-state index contributed by atoms with van der Waals surface area (Å²) in [5, 5.41) is 7.53. The quantitative estimate of drug-likeness (QED) is 0.423. The summed E-state index contributed by atoms with van der Waals surface area (Å²) in [5.74, 6) is 1.37. The minimum Gasteiger partial charge on any atom is -0.454 e. The van der Waals surface area contributed by atoms with Crippen LogP contribution in [0.15, 0.2) is 77.3 Å². The Balaban J connectivity index is 1.46. The standard InChI is InChI=1S/C25H18BrN3O3/c26-18-9-7-17(8-10-18)24-21-22(16-4-2-1-3-5-16)27-28-23(21)25(30)29(24)13-15-6-11-19-20(12-15)32-14-31-19/h1-12,24H,13-14H2,(H,27,28). The highest BCUT2D eigenvalue weighted by molar-refractivity contribution is 9.10. The van der Waals surface area contributed by atoms with Gasteiger partial charge in [-0.15, -0.1) is 0 Å². The Bertz CT molecular complexity index is 1320. The maximum Gasteiger partial charge on any atom is 0.273 e. The second kappa shape index (κ2) is 7.53. The number of halogens is 1. The van der Waals surface area contributed by atoms with Gasteiger partial charge in [0, 0.05) is 22.1 Å². The van der Waals surface area contributed by atoms with Crippen molar-refractivity contribution in [2.75, 3.05) is 6.79 Å². The maximum absolute atomic E-state index is 13.5. The van der Waals surface area contributed by atoms with Crippen molar-refractivity contribution in [2.24, 2.45) is 0 Å². The van der Waals surface area contributed by atoms with Crippen LogP contribution in [-0.2, 0) is 6.54 Å². The van der Waals surface area contributed by atoms with Gasteiger partial charge in [0.25, 0.3) is 5.91 Å². The topological polar surface area (TPSA) is 67.5 Å². The van der Waals surface area contributed by atoms with Crippen molar-refractivity contribution in [1.82, 2.24) is 15.1 Å². The highest BCUT2D eigenvalue weighted by Crippen LogP contribution is 2.44. The molecular weight excluding hydrogens is 470 g/mol. The highest BCUT2D eigenvalue weighted by atomic mass is 79.9. The number of nitrogens with one attached hydrogen (secondary N) is 1. The fourth-order valence-electron chi connectivity index (χ4n) is 4.40. The smallest absolute Gasteiger partial charge is 0.273 e. The maximum atomic E-state index is 13.5. The SMILES string of the molecule is O=C1c2[nH]nc(-c3ccccc3)c2C(c2ccc(Br)cc2)N1Cc1ccc2c(c1)OCO2. The lowest BCUT2D eigenvalue weighted by atomic mass is 9.96. The van der Waals surface area contributed by atoms with Crippen LogP contribution in [0.2, 0.25) is 0 Å². The molecule has 2 aliphatic heterocycles. The van der Waals surface area contributed by atoms with Gasteiger partial charge >= 0.3 is 0 Å². The molecule has 0 bridgehead atoms. The van der Waals surface area contributed by atoms with Gasteiger partial charge in [-0.1, -0.05) is 64.5 Å². The van der Waals surface area contributed by atoms with Crippen molar-refractivity contribution in [3.63, 3.8) is 0 Å². The van der Waals surface area contributed by atoms with E-state index in [0.29, 0.717) is 18.0 Å². The predicted molar refractivity (Wildman–Crippen MR) is 122 cm³/mol. The summed E-state index contributed by atoms with van der Waals surface area (Å²) in [6.07, 6.45) is 0. The van der Waals surface area contributed by atoms with E-state index in [-0.39, 0.29) is 18.7 Å². The van der Waals surface area contributed by atoms with E-state index in [4.69, 9.17) is 9.47 Å². The van der Waals surface area contributed by atoms with E-state index >= 15 is 0 Å². The first-order chi connectivity index (χ1) is 15.7. The number of nitrogens with zero attached hydrogens (tertiary/aromatic N) is 2. The molecule has 0 radical (unpaired) electrons. The molecule has 0 fully saturated rings. The predicted octanol–water partition coefficient (Wildman–Crippen LogP) is 5.31. The van der Waals surface area contributed by atoms with Crippen molar-refractivity contribution < 1.29 is 14.3 Å². The zero-order chi connectivity index (χ0) is 21.7. The Morgan fingerprint density at radius 1 is 1.00 bits per heavy atom. The lowest BCUT2D eigenvalue weighted by molar-refractivity contribution is 0.0730. The molecule has 3 heterocycles. The van der Waals surface area contributed by atoms with Crippen LogP contribution in [0.3, 0.4) is 0 Å². The Morgan fingerprint density at radius 2 is 1.78 bits per heavy atom. The average molecular weight is 488 g/mol. The molecule has 7 heteroatoms. The molecule has 1 N–H and O–H groups in total. The number of carbonyl (C=O) groups excluding carboxylic acids is 1. The van der Waals surface area contributed by atoms with Gasteiger partial charge in [-0.3, -0.25) is 9.89 Å². The average Bonchev–Trinajstić information content (AvgIpc) is 3.52. The molecule has 6 nitrogen and oxygen atoms in total. The van der Waals surface area contributed by atoms with E-state index in [1.807, 2.05) is 77.7 Å². The Kier molecular flexibility index (Phi) is 4.50. The van der Waals surface area contributed by atoms with E-state index in [2.05, 4.69) is 26.1 Å². The van der Waals surface area contributed by atoms with Crippen LogP contribution < -0.4 is 9.47 Å². The number of fused-ring (bicyclic) bond motifs is 2. The number of aromatic amines is 1. The number of rotatable bonds is 4. The molecule has 6 rings (SSSR count). The molecule has 4 aromatic rings. The Hall–Kier alpha value is -3.58. The van der Waals surface area contributed by atoms with Gasteiger partial charge in [0.05, 0.1) is 11.7 Å². The molecule has 158 valence electrons. The third-order valence-corrected chi connectivity index (χ3v) is 6.42. The van der Waals surface area contributed by atoms with Crippen LogP contribution in [0, 0.1) is 0 Å². The summed E-state index contributed by atoms with van der Waals surface area (Å²) in [6, 6.07) is 23.6. The molecule has 0 saturated carbocycles. The van der Waals surface area contributed by atoms with E-state index < -0.39 is 0 Å². The van der Waals surface area contributed by atoms with Crippen LogP contribution in [-0.4, -0.2) is 27.8 Å². The molecule has 1 unspecified atom stereocenters. The zero-order valence-corrected chi connectivity index (χ0v) is 18.5. The minimum atomic E-state index is -0.259. The monoisotopic (exact) mass is 487 g/mol. The van der Waals surface area contributed by atoms with Gasteiger partial charge in [-0.2, -0.15) is 5.10 Å². The third-order valence-electron chi connectivity index (χ3n) is 5.89. The number of benzene rings is 3. The second-order valence-electron chi connectivity index (χ2n) is 7.80. The molecule has 1 aromatic heterocycles. The fourth-order valence-corrected chi connectivity index (χ4v) is 4.67. The van der Waals surface area contributed by atoms with Crippen LogP contribution in [0.4, 0.5) is 0 Å². The van der Waals surface area contributed by atoms with Crippen molar-refractivity contribution in [2.45, 2.75) is 12.6 Å². The summed E-state index contributed by atoms with van der Waals surface area (Å²) >= 11 is 3.51. The number of carbonyl (C=O) groups is 1. The highest BCUT2D eigenvalue weighted by Gasteiger charge is 2.42.